The van der Waals surface area contributed by atoms with Crippen LogP contribution >= 0.6 is 11.3 Å². The van der Waals surface area contributed by atoms with Crippen LogP contribution in [0.1, 0.15) is 57.2 Å². The Morgan fingerprint density at radius 1 is 1.15 bits per heavy atom. The smallest absolute Gasteiger partial charge is 0.244 e. The molecule has 0 aliphatic carbocycles. The molecule has 7 heteroatoms. The highest BCUT2D eigenvalue weighted by Crippen LogP contribution is 2.36. The summed E-state index contributed by atoms with van der Waals surface area (Å²) >= 11 is 1.67. The molecule has 0 bridgehead atoms. The van der Waals surface area contributed by atoms with Gasteiger partial charge in [0.1, 0.15) is 0 Å². The Hall–Kier alpha value is -2.77. The van der Waals surface area contributed by atoms with Crippen LogP contribution < -0.4 is 11.1 Å². The lowest BCUT2D eigenvalue weighted by Crippen LogP contribution is -2.31. The maximum Gasteiger partial charge on any atom is 0.244 e. The Morgan fingerprint density at radius 3 is 2.71 bits per heavy atom. The molecule has 6 nitrogen and oxygen atoms in total. The largest absolute Gasteiger partial charge is 0.384 e. The van der Waals surface area contributed by atoms with Gasteiger partial charge in [0.25, 0.3) is 0 Å². The van der Waals surface area contributed by atoms with Crippen LogP contribution in [-0.4, -0.2) is 47.0 Å². The zero-order valence-electron chi connectivity index (χ0n) is 20.3. The maximum absolute atomic E-state index is 11.9. The van der Waals surface area contributed by atoms with Crippen LogP contribution in [0.3, 0.4) is 0 Å². The van der Waals surface area contributed by atoms with Crippen LogP contribution in [0.15, 0.2) is 42.2 Å². The second-order valence-corrected chi connectivity index (χ2v) is 9.91. The maximum atomic E-state index is 11.9. The first-order valence-corrected chi connectivity index (χ1v) is 13.3. The number of nitrogens with two attached hydrogens (primary N) is 1. The predicted molar refractivity (Wildman–Crippen MR) is 143 cm³/mol. The van der Waals surface area contributed by atoms with E-state index in [1.807, 2.05) is 19.2 Å². The first-order valence-electron chi connectivity index (χ1n) is 12.4. The van der Waals surface area contributed by atoms with E-state index in [0.717, 1.165) is 63.5 Å². The van der Waals surface area contributed by atoms with E-state index < -0.39 is 0 Å². The fourth-order valence-corrected chi connectivity index (χ4v) is 5.87. The molecule has 0 unspecified atom stereocenters. The number of primary amides is 1. The van der Waals surface area contributed by atoms with Crippen molar-refractivity contribution in [2.45, 2.75) is 52.4 Å². The van der Waals surface area contributed by atoms with Crippen LogP contribution in [0, 0.1) is 0 Å². The lowest BCUT2D eigenvalue weighted by molar-refractivity contribution is -0.114. The number of aromatic nitrogens is 2. The van der Waals surface area contributed by atoms with Gasteiger partial charge in [-0.1, -0.05) is 20.3 Å². The van der Waals surface area contributed by atoms with Crippen LogP contribution in [-0.2, 0) is 4.79 Å². The zero-order valence-corrected chi connectivity index (χ0v) is 21.1. The van der Waals surface area contributed by atoms with Crippen molar-refractivity contribution in [2.24, 2.45) is 5.73 Å². The minimum absolute atomic E-state index is 0.332. The number of allylic oxidation sites excluding steroid dienone is 1. The van der Waals surface area contributed by atoms with Crippen molar-refractivity contribution < 1.29 is 4.79 Å². The molecule has 3 N–H and O–H groups in total. The van der Waals surface area contributed by atoms with Crippen LogP contribution in [0.5, 0.6) is 0 Å². The molecule has 1 amide bonds. The van der Waals surface area contributed by atoms with Gasteiger partial charge in [0.05, 0.1) is 16.1 Å². The van der Waals surface area contributed by atoms with Crippen molar-refractivity contribution in [3.05, 3.63) is 47.1 Å². The number of anilines is 1. The summed E-state index contributed by atoms with van der Waals surface area (Å²) in [5.74, 6) is -0.332. The second kappa shape index (κ2) is 11.6. The van der Waals surface area contributed by atoms with Gasteiger partial charge in [-0.2, -0.15) is 0 Å². The molecule has 4 heterocycles. The molecule has 0 radical (unpaired) electrons. The number of rotatable bonds is 10. The average Bonchev–Trinajstić information content (AvgIpc) is 3.35. The minimum atomic E-state index is -0.332. The number of carbonyl (C=O) groups excluding carboxylic acids is 1. The summed E-state index contributed by atoms with van der Waals surface area (Å²) in [6.07, 6.45) is 10.2. The number of nitrogens with one attached hydrogen (secondary N) is 1. The van der Waals surface area contributed by atoms with Gasteiger partial charge in [0, 0.05) is 40.5 Å². The Bertz CT molecular complexity index is 1160. The molecular formula is C27H35N5OS. The number of thiophene rings is 1. The Labute approximate surface area is 206 Å². The molecular weight excluding hydrogens is 442 g/mol. The fraction of sp³-hybridized carbons (Fsp3) is 0.444. The number of piperidine rings is 1. The number of hydrogen-bond acceptors (Lipinski definition) is 6. The Morgan fingerprint density at radius 2 is 1.97 bits per heavy atom. The molecule has 0 aromatic carbocycles. The molecule has 180 valence electrons. The lowest BCUT2D eigenvalue weighted by atomic mass is 10.0. The Kier molecular flexibility index (Phi) is 8.29. The number of likely N-dealkylation sites (tertiary alicyclic amines) is 1. The van der Waals surface area contributed by atoms with Crippen molar-refractivity contribution >= 4 is 39.4 Å². The summed E-state index contributed by atoms with van der Waals surface area (Å²) in [4.78, 5) is 25.9. The van der Waals surface area contributed by atoms with E-state index in [1.54, 1.807) is 17.5 Å². The second-order valence-electron chi connectivity index (χ2n) is 8.82. The lowest BCUT2D eigenvalue weighted by Gasteiger charge is -2.26. The molecule has 4 rings (SSSR count). The van der Waals surface area contributed by atoms with Crippen molar-refractivity contribution in [1.82, 2.24) is 14.9 Å². The highest BCUT2D eigenvalue weighted by molar-refractivity contribution is 7.16. The van der Waals surface area contributed by atoms with Gasteiger partial charge in [-0.3, -0.25) is 9.78 Å². The van der Waals surface area contributed by atoms with Gasteiger partial charge < -0.3 is 16.0 Å². The van der Waals surface area contributed by atoms with Crippen LogP contribution in [0.4, 0.5) is 5.69 Å². The topological polar surface area (TPSA) is 84.1 Å². The summed E-state index contributed by atoms with van der Waals surface area (Å²) in [7, 11) is 0. The third-order valence-electron chi connectivity index (χ3n) is 6.55. The number of fused-ring (bicyclic) bond motifs is 1. The number of nitrogens with zero attached hydrogens (tertiary/aromatic N) is 3. The van der Waals surface area contributed by atoms with E-state index in [0.29, 0.717) is 12.0 Å². The molecule has 34 heavy (non-hydrogen) atoms. The van der Waals surface area contributed by atoms with E-state index in [9.17, 15) is 4.79 Å². The van der Waals surface area contributed by atoms with E-state index in [2.05, 4.69) is 40.3 Å². The molecule has 1 aliphatic rings. The molecule has 1 saturated heterocycles. The fourth-order valence-electron chi connectivity index (χ4n) is 4.76. The zero-order chi connectivity index (χ0) is 23.9. The van der Waals surface area contributed by atoms with Crippen LogP contribution in [0.25, 0.3) is 27.0 Å². The normalized spacial score (nSPS) is 15.4. The summed E-state index contributed by atoms with van der Waals surface area (Å²) in [6.45, 7) is 8.57. The van der Waals surface area contributed by atoms with E-state index >= 15 is 0 Å². The van der Waals surface area contributed by atoms with Crippen molar-refractivity contribution in [3.8, 4) is 10.6 Å². The summed E-state index contributed by atoms with van der Waals surface area (Å²) in [5, 5.41) is 4.69. The van der Waals surface area contributed by atoms with Gasteiger partial charge in [0.2, 0.25) is 5.91 Å². The monoisotopic (exact) mass is 477 g/mol. The third kappa shape index (κ3) is 5.65. The number of carbonyl (C=O) groups is 1. The molecule has 1 aliphatic heterocycles. The molecule has 0 atom stereocenters. The number of amides is 1. The molecule has 0 saturated carbocycles. The third-order valence-corrected chi connectivity index (χ3v) is 7.72. The number of hydrogen-bond donors (Lipinski definition) is 2. The summed E-state index contributed by atoms with van der Waals surface area (Å²) in [6, 6.07) is 8.28. The van der Waals surface area contributed by atoms with Crippen LogP contribution in [0.2, 0.25) is 0 Å². The predicted octanol–water partition coefficient (Wildman–Crippen LogP) is 5.71. The first kappa shape index (κ1) is 24.4. The van der Waals surface area contributed by atoms with Crippen molar-refractivity contribution in [2.75, 3.05) is 31.5 Å². The quantitative estimate of drug-likeness (QED) is 0.289. The average molecular weight is 478 g/mol. The first-order chi connectivity index (χ1) is 16.6. The van der Waals surface area contributed by atoms with Gasteiger partial charge in [-0.15, -0.1) is 11.3 Å². The molecule has 3 aromatic rings. The standard InChI is InChI=1S/C27H35N5OS/c1-3-19(20(4-2)27(28)33)25-9-10-26(34-25)24-17-23(21-18-29-13-11-22(21)31-24)30-12-8-16-32-14-6-5-7-15-32/h9-11,13,17-18H,3-8,12,14-16H2,1-2H3,(H2,28,33)(H,30,31)/b20-19+. The van der Waals surface area contributed by atoms with Gasteiger partial charge in [0.15, 0.2) is 0 Å². The van der Waals surface area contributed by atoms with Gasteiger partial charge >= 0.3 is 0 Å². The molecule has 3 aromatic heterocycles. The van der Waals surface area contributed by atoms with E-state index in [-0.39, 0.29) is 5.91 Å². The van der Waals surface area contributed by atoms with E-state index in [4.69, 9.17) is 10.7 Å². The highest BCUT2D eigenvalue weighted by atomic mass is 32.1. The van der Waals surface area contributed by atoms with E-state index in [1.165, 1.54) is 32.4 Å². The van der Waals surface area contributed by atoms with Gasteiger partial charge in [-0.05, 0) is 81.6 Å². The summed E-state index contributed by atoms with van der Waals surface area (Å²) in [5.41, 5.74) is 10.3. The van der Waals surface area contributed by atoms with Crippen molar-refractivity contribution in [1.29, 1.82) is 0 Å². The number of pyridine rings is 2. The minimum Gasteiger partial charge on any atom is -0.384 e. The highest BCUT2D eigenvalue weighted by Gasteiger charge is 2.16. The van der Waals surface area contributed by atoms with Crippen molar-refractivity contribution in [3.63, 3.8) is 0 Å². The molecule has 1 fully saturated rings. The Balaban J connectivity index is 1.57. The summed E-state index contributed by atoms with van der Waals surface area (Å²) < 4.78 is 0. The molecule has 0 spiro atoms. The SMILES string of the molecule is CC/C(C(N)=O)=C(/CC)c1ccc(-c2cc(NCCCN3CCCCC3)c3cnccc3n2)s1. The van der Waals surface area contributed by atoms with Gasteiger partial charge in [-0.25, -0.2) is 4.98 Å².